The van der Waals surface area contributed by atoms with Gasteiger partial charge in [-0.25, -0.2) is 14.8 Å². The molecule has 0 aliphatic rings. The van der Waals surface area contributed by atoms with Crippen molar-refractivity contribution in [1.29, 1.82) is 0 Å². The summed E-state index contributed by atoms with van der Waals surface area (Å²) in [6, 6.07) is 55.1. The van der Waals surface area contributed by atoms with Gasteiger partial charge in [0, 0.05) is 30.8 Å². The smallest absolute Gasteiger partial charge is 0.295 e. The molecule has 0 atom stereocenters. The van der Waals surface area contributed by atoms with Crippen LogP contribution in [-0.2, 0) is 14.1 Å². The van der Waals surface area contributed by atoms with E-state index in [0.29, 0.717) is 5.82 Å². The van der Waals surface area contributed by atoms with Crippen molar-refractivity contribution >= 4 is 32.6 Å². The van der Waals surface area contributed by atoms with Crippen LogP contribution in [0.4, 0.5) is 0 Å². The second kappa shape index (κ2) is 11.8. The molecule has 9 rings (SSSR count). The first kappa shape index (κ1) is 29.5. The second-order valence-electron chi connectivity index (χ2n) is 12.8. The Hall–Kier alpha value is -6.59. The van der Waals surface area contributed by atoms with E-state index in [1.165, 1.54) is 27.1 Å². The van der Waals surface area contributed by atoms with Gasteiger partial charge in [0.1, 0.15) is 0 Å². The Bertz CT molecular complexity index is 2780. The van der Waals surface area contributed by atoms with Crippen molar-refractivity contribution in [3.63, 3.8) is 0 Å². The summed E-state index contributed by atoms with van der Waals surface area (Å²) < 4.78 is 3.37. The molecule has 2 heterocycles. The van der Waals surface area contributed by atoms with Crippen molar-refractivity contribution in [2.45, 2.75) is 0 Å². The molecule has 0 aliphatic heterocycles. The Morgan fingerprint density at radius 2 is 1.02 bits per heavy atom. The van der Waals surface area contributed by atoms with E-state index in [1.807, 2.05) is 43.4 Å². The molecule has 2 aromatic heterocycles. The van der Waals surface area contributed by atoms with Gasteiger partial charge in [-0.05, 0) is 62.0 Å². The van der Waals surface area contributed by atoms with E-state index < -0.39 is 0 Å². The van der Waals surface area contributed by atoms with Gasteiger partial charge in [0.15, 0.2) is 5.82 Å². The van der Waals surface area contributed by atoms with Crippen molar-refractivity contribution in [3.05, 3.63) is 168 Å². The predicted molar refractivity (Wildman–Crippen MR) is 206 cm³/mol. The van der Waals surface area contributed by atoms with Gasteiger partial charge in [0.05, 0.1) is 22.4 Å². The highest BCUT2D eigenvalue weighted by Crippen LogP contribution is 2.36. The zero-order valence-corrected chi connectivity index (χ0v) is 27.7. The SMILES string of the molecule is Cn1c(=O)n(C)c2cc(-c3ccc(-c4cc(-c5ccc(-c6cccc7ccc8ccccc8c67)cc5)nc(-c5ccccc5)n4)cc3)ccc21. The molecule has 0 N–H and O–H groups in total. The van der Waals surface area contributed by atoms with Crippen LogP contribution in [0.25, 0.3) is 88.7 Å². The molecule has 0 bridgehead atoms. The first-order valence-corrected chi connectivity index (χ1v) is 16.7. The van der Waals surface area contributed by atoms with Crippen LogP contribution in [0.3, 0.4) is 0 Å². The summed E-state index contributed by atoms with van der Waals surface area (Å²) in [5, 5.41) is 5.00. The van der Waals surface area contributed by atoms with E-state index >= 15 is 0 Å². The van der Waals surface area contributed by atoms with E-state index in [2.05, 4.69) is 121 Å². The summed E-state index contributed by atoms with van der Waals surface area (Å²) >= 11 is 0. The Labute approximate surface area is 289 Å². The van der Waals surface area contributed by atoms with Gasteiger partial charge in [-0.3, -0.25) is 9.13 Å². The van der Waals surface area contributed by atoms with Crippen LogP contribution in [0, 0.1) is 0 Å². The largest absolute Gasteiger partial charge is 0.328 e. The standard InChI is InChI=1S/C45H32N4O/c1-48-41-26-25-36(27-42(41)49(2)45(48)50)29-15-20-32(21-16-29)39-28-40(47-44(46-39)35-10-4-3-5-11-35)33-22-17-31(18-23-33)38-14-8-12-34-24-19-30-9-6-7-13-37(30)43(34)38/h3-28H,1-2H3. The van der Waals surface area contributed by atoms with Crippen LogP contribution >= 0.6 is 0 Å². The fourth-order valence-corrected chi connectivity index (χ4v) is 7.10. The molecule has 0 amide bonds. The number of rotatable bonds is 5. The number of hydrogen-bond acceptors (Lipinski definition) is 3. The van der Waals surface area contributed by atoms with Crippen LogP contribution in [0.1, 0.15) is 0 Å². The maximum atomic E-state index is 12.5. The summed E-state index contributed by atoms with van der Waals surface area (Å²) in [5.41, 5.74) is 11.0. The Kier molecular flexibility index (Phi) is 6.99. The van der Waals surface area contributed by atoms with Gasteiger partial charge in [0.25, 0.3) is 0 Å². The summed E-state index contributed by atoms with van der Waals surface area (Å²) in [4.78, 5) is 22.6. The fraction of sp³-hybridized carbons (Fsp3) is 0.0444. The lowest BCUT2D eigenvalue weighted by molar-refractivity contribution is 0.795. The monoisotopic (exact) mass is 644 g/mol. The molecular weight excluding hydrogens is 613 g/mol. The number of benzene rings is 7. The molecule has 0 fully saturated rings. The van der Waals surface area contributed by atoms with Crippen LogP contribution in [0.2, 0.25) is 0 Å². The van der Waals surface area contributed by atoms with E-state index in [9.17, 15) is 4.79 Å². The van der Waals surface area contributed by atoms with E-state index in [-0.39, 0.29) is 5.69 Å². The average molecular weight is 645 g/mol. The molecule has 5 heteroatoms. The van der Waals surface area contributed by atoms with Crippen LogP contribution in [-0.4, -0.2) is 19.1 Å². The summed E-state index contributed by atoms with van der Waals surface area (Å²) in [7, 11) is 3.62. The zero-order chi connectivity index (χ0) is 33.8. The highest BCUT2D eigenvalue weighted by Gasteiger charge is 2.14. The van der Waals surface area contributed by atoms with Crippen molar-refractivity contribution in [3.8, 4) is 56.2 Å². The average Bonchev–Trinajstić information content (AvgIpc) is 3.40. The maximum absolute atomic E-state index is 12.5. The number of aryl methyl sites for hydroxylation is 2. The molecule has 7 aromatic carbocycles. The van der Waals surface area contributed by atoms with Gasteiger partial charge >= 0.3 is 5.69 Å². The minimum Gasteiger partial charge on any atom is -0.295 e. The molecule has 0 saturated carbocycles. The lowest BCUT2D eigenvalue weighted by Crippen LogP contribution is -2.19. The number of imidazole rings is 1. The summed E-state index contributed by atoms with van der Waals surface area (Å²) in [6.07, 6.45) is 0. The number of aromatic nitrogens is 4. The quantitative estimate of drug-likeness (QED) is 0.175. The molecule has 0 radical (unpaired) electrons. The molecule has 9 aromatic rings. The normalized spacial score (nSPS) is 11.5. The lowest BCUT2D eigenvalue weighted by Gasteiger charge is -2.12. The van der Waals surface area contributed by atoms with Crippen LogP contribution < -0.4 is 5.69 Å². The van der Waals surface area contributed by atoms with Crippen LogP contribution in [0.5, 0.6) is 0 Å². The maximum Gasteiger partial charge on any atom is 0.328 e. The lowest BCUT2D eigenvalue weighted by atomic mass is 9.93. The van der Waals surface area contributed by atoms with E-state index in [4.69, 9.17) is 9.97 Å². The molecule has 238 valence electrons. The van der Waals surface area contributed by atoms with Gasteiger partial charge in [-0.15, -0.1) is 0 Å². The molecule has 50 heavy (non-hydrogen) atoms. The third-order valence-corrected chi connectivity index (χ3v) is 9.81. The predicted octanol–water partition coefficient (Wildman–Crippen LogP) is 10.3. The first-order chi connectivity index (χ1) is 24.5. The minimum absolute atomic E-state index is 0.0295. The van der Waals surface area contributed by atoms with Gasteiger partial charge in [-0.1, -0.05) is 140 Å². The van der Waals surface area contributed by atoms with Gasteiger partial charge in [-0.2, -0.15) is 0 Å². The second-order valence-corrected chi connectivity index (χ2v) is 12.8. The number of fused-ring (bicyclic) bond motifs is 4. The van der Waals surface area contributed by atoms with Crippen molar-refractivity contribution in [1.82, 2.24) is 19.1 Å². The van der Waals surface area contributed by atoms with E-state index in [0.717, 1.165) is 55.8 Å². The highest BCUT2D eigenvalue weighted by atomic mass is 16.1. The molecular formula is C45H32N4O. The molecule has 0 unspecified atom stereocenters. The number of nitrogens with zero attached hydrogens (tertiary/aromatic N) is 4. The fourth-order valence-electron chi connectivity index (χ4n) is 7.10. The molecule has 0 spiro atoms. The highest BCUT2D eigenvalue weighted by molar-refractivity contribution is 6.14. The zero-order valence-electron chi connectivity index (χ0n) is 27.7. The Balaban J connectivity index is 1.11. The molecule has 0 saturated heterocycles. The van der Waals surface area contributed by atoms with E-state index in [1.54, 1.807) is 16.2 Å². The van der Waals surface area contributed by atoms with Crippen molar-refractivity contribution < 1.29 is 0 Å². The van der Waals surface area contributed by atoms with Crippen molar-refractivity contribution in [2.75, 3.05) is 0 Å². The minimum atomic E-state index is -0.0295. The Morgan fingerprint density at radius 1 is 0.440 bits per heavy atom. The molecule has 0 aliphatic carbocycles. The summed E-state index contributed by atoms with van der Waals surface area (Å²) in [6.45, 7) is 0. The topological polar surface area (TPSA) is 52.7 Å². The van der Waals surface area contributed by atoms with Crippen molar-refractivity contribution in [2.24, 2.45) is 14.1 Å². The first-order valence-electron chi connectivity index (χ1n) is 16.7. The third-order valence-electron chi connectivity index (χ3n) is 9.81. The van der Waals surface area contributed by atoms with Crippen LogP contribution in [0.15, 0.2) is 163 Å². The Morgan fingerprint density at radius 3 is 1.76 bits per heavy atom. The molecule has 5 nitrogen and oxygen atoms in total. The third kappa shape index (κ3) is 4.99. The summed E-state index contributed by atoms with van der Waals surface area (Å²) in [5.74, 6) is 0.683. The number of hydrogen-bond donors (Lipinski definition) is 0. The van der Waals surface area contributed by atoms with Gasteiger partial charge in [0.2, 0.25) is 0 Å². The van der Waals surface area contributed by atoms with Gasteiger partial charge < -0.3 is 0 Å².